The van der Waals surface area contributed by atoms with Crippen LogP contribution in [-0.2, 0) is 0 Å². The molecule has 0 amide bonds. The molecule has 3 heterocycles. The molecular formula is C21H34N4. The zero-order chi connectivity index (χ0) is 17.3. The molecule has 0 N–H and O–H groups in total. The zero-order valence-corrected chi connectivity index (χ0v) is 15.9. The number of piperazine rings is 1. The first kappa shape index (κ1) is 18.4. The van der Waals surface area contributed by atoms with Gasteiger partial charge in [0, 0.05) is 45.5 Å². The van der Waals surface area contributed by atoms with Crippen LogP contribution >= 0.6 is 0 Å². The van der Waals surface area contributed by atoms with Crippen LogP contribution in [0.5, 0.6) is 0 Å². The summed E-state index contributed by atoms with van der Waals surface area (Å²) in [4.78, 5) is 12.3. The Morgan fingerprint density at radius 3 is 2.32 bits per heavy atom. The van der Waals surface area contributed by atoms with Gasteiger partial charge in [0.2, 0.25) is 0 Å². The van der Waals surface area contributed by atoms with Crippen molar-refractivity contribution in [2.24, 2.45) is 0 Å². The highest BCUT2D eigenvalue weighted by Crippen LogP contribution is 2.15. The molecule has 0 spiro atoms. The quantitative estimate of drug-likeness (QED) is 0.674. The Labute approximate surface area is 153 Å². The summed E-state index contributed by atoms with van der Waals surface area (Å²) in [5.74, 6) is 1.13. The van der Waals surface area contributed by atoms with Crippen molar-refractivity contribution in [2.45, 2.75) is 39.0 Å². The fourth-order valence-corrected chi connectivity index (χ4v) is 3.71. The highest BCUT2D eigenvalue weighted by molar-refractivity contribution is 5.51. The van der Waals surface area contributed by atoms with Gasteiger partial charge in [-0.1, -0.05) is 31.9 Å². The molecule has 4 nitrogen and oxygen atoms in total. The molecule has 0 aliphatic carbocycles. The molecule has 2 saturated heterocycles. The summed E-state index contributed by atoms with van der Waals surface area (Å²) in [6.45, 7) is 11.8. The molecular weight excluding hydrogens is 308 g/mol. The molecule has 4 heteroatoms. The predicted octanol–water partition coefficient (Wildman–Crippen LogP) is 3.50. The van der Waals surface area contributed by atoms with Crippen LogP contribution in [-0.4, -0.2) is 67.1 Å². The van der Waals surface area contributed by atoms with Crippen LogP contribution in [0.4, 0.5) is 5.82 Å². The summed E-state index contributed by atoms with van der Waals surface area (Å²) >= 11 is 0. The van der Waals surface area contributed by atoms with Gasteiger partial charge >= 0.3 is 0 Å². The van der Waals surface area contributed by atoms with Crippen LogP contribution in [0.15, 0.2) is 24.4 Å². The Balaban J connectivity index is 1.40. The fourth-order valence-electron chi connectivity index (χ4n) is 3.71. The predicted molar refractivity (Wildman–Crippen MR) is 107 cm³/mol. The molecule has 0 saturated carbocycles. The van der Waals surface area contributed by atoms with E-state index in [9.17, 15) is 0 Å². The second kappa shape index (κ2) is 9.93. The summed E-state index contributed by atoms with van der Waals surface area (Å²) < 4.78 is 0. The number of anilines is 1. The Bertz CT molecular complexity index is 511. The number of pyridine rings is 1. The zero-order valence-electron chi connectivity index (χ0n) is 15.9. The second-order valence-corrected chi connectivity index (χ2v) is 7.37. The summed E-state index contributed by atoms with van der Waals surface area (Å²) in [6, 6.07) is 4.38. The molecule has 3 rings (SSSR count). The Hall–Kier alpha value is -1.39. The van der Waals surface area contributed by atoms with Gasteiger partial charge < -0.3 is 9.80 Å². The van der Waals surface area contributed by atoms with Gasteiger partial charge in [-0.2, -0.15) is 0 Å². The Kier molecular flexibility index (Phi) is 7.31. The minimum Gasteiger partial charge on any atom is -0.354 e. The van der Waals surface area contributed by atoms with Crippen LogP contribution in [0.1, 0.15) is 44.6 Å². The molecule has 0 atom stereocenters. The maximum Gasteiger partial charge on any atom is 0.128 e. The number of nitrogens with zero attached hydrogens (tertiary/aromatic N) is 4. The summed E-state index contributed by atoms with van der Waals surface area (Å²) in [7, 11) is 0. The minimum atomic E-state index is 1.10. The van der Waals surface area contributed by atoms with Crippen molar-refractivity contribution in [1.82, 2.24) is 14.8 Å². The van der Waals surface area contributed by atoms with Crippen LogP contribution in [0.2, 0.25) is 0 Å². The van der Waals surface area contributed by atoms with E-state index in [1.165, 1.54) is 57.4 Å². The first-order valence-electron chi connectivity index (χ1n) is 10.2. The third-order valence-electron chi connectivity index (χ3n) is 5.43. The van der Waals surface area contributed by atoms with Crippen LogP contribution in [0, 0.1) is 0 Å². The molecule has 2 aliphatic heterocycles. The monoisotopic (exact) mass is 342 g/mol. The van der Waals surface area contributed by atoms with Gasteiger partial charge in [0.05, 0.1) is 0 Å². The van der Waals surface area contributed by atoms with E-state index < -0.39 is 0 Å². The van der Waals surface area contributed by atoms with E-state index in [4.69, 9.17) is 0 Å². The smallest absolute Gasteiger partial charge is 0.128 e. The van der Waals surface area contributed by atoms with Gasteiger partial charge in [0.15, 0.2) is 0 Å². The highest BCUT2D eigenvalue weighted by Gasteiger charge is 2.19. The van der Waals surface area contributed by atoms with Gasteiger partial charge in [-0.05, 0) is 50.0 Å². The topological polar surface area (TPSA) is 22.6 Å². The number of likely N-dealkylation sites (tertiary alicyclic amines) is 1. The van der Waals surface area contributed by atoms with Crippen molar-refractivity contribution in [1.29, 1.82) is 0 Å². The lowest BCUT2D eigenvalue weighted by molar-refractivity contribution is 0.215. The van der Waals surface area contributed by atoms with Gasteiger partial charge in [0.1, 0.15) is 5.82 Å². The van der Waals surface area contributed by atoms with E-state index in [0.717, 1.165) is 38.4 Å². The summed E-state index contributed by atoms with van der Waals surface area (Å²) in [5, 5.41) is 0. The lowest BCUT2D eigenvalue weighted by atomic mass is 10.2. The van der Waals surface area contributed by atoms with Crippen molar-refractivity contribution in [2.75, 3.05) is 57.3 Å². The van der Waals surface area contributed by atoms with Gasteiger partial charge in [-0.25, -0.2) is 4.98 Å². The van der Waals surface area contributed by atoms with E-state index >= 15 is 0 Å². The highest BCUT2D eigenvalue weighted by atomic mass is 15.3. The molecule has 0 bridgehead atoms. The van der Waals surface area contributed by atoms with Crippen molar-refractivity contribution < 1.29 is 0 Å². The maximum absolute atomic E-state index is 4.68. The summed E-state index contributed by atoms with van der Waals surface area (Å²) in [6.07, 6.45) is 12.9. The lowest BCUT2D eigenvalue weighted by Gasteiger charge is -2.36. The summed E-state index contributed by atoms with van der Waals surface area (Å²) in [5.41, 5.74) is 1.21. The third-order valence-corrected chi connectivity index (χ3v) is 5.43. The molecule has 138 valence electrons. The molecule has 1 aromatic rings. The standard InChI is InChI=1S/C21H34N4/c1-2-3-4-5-8-20-9-10-21(22-19-20)25-17-15-24(16-18-25)14-13-23-11-6-7-12-23/h5,8-10,19H,2-4,6-7,11-18H2,1H3/b8-5+. The fraction of sp³-hybridized carbons (Fsp3) is 0.667. The van der Waals surface area contributed by atoms with Crippen LogP contribution < -0.4 is 4.90 Å². The van der Waals surface area contributed by atoms with Gasteiger partial charge in [-0.15, -0.1) is 0 Å². The van der Waals surface area contributed by atoms with Crippen LogP contribution in [0.3, 0.4) is 0 Å². The number of hydrogen-bond donors (Lipinski definition) is 0. The maximum atomic E-state index is 4.68. The Morgan fingerprint density at radius 2 is 1.68 bits per heavy atom. The van der Waals surface area contributed by atoms with E-state index in [1.807, 2.05) is 6.20 Å². The van der Waals surface area contributed by atoms with Gasteiger partial charge in [0.25, 0.3) is 0 Å². The van der Waals surface area contributed by atoms with E-state index in [2.05, 4.69) is 50.9 Å². The number of unbranched alkanes of at least 4 members (excludes halogenated alkanes) is 2. The van der Waals surface area contributed by atoms with Crippen molar-refractivity contribution in [3.8, 4) is 0 Å². The largest absolute Gasteiger partial charge is 0.354 e. The average Bonchev–Trinajstić information content (AvgIpc) is 3.18. The Morgan fingerprint density at radius 1 is 0.960 bits per heavy atom. The molecule has 2 fully saturated rings. The first-order chi connectivity index (χ1) is 12.3. The number of aromatic nitrogens is 1. The number of rotatable bonds is 8. The van der Waals surface area contributed by atoms with Crippen LogP contribution in [0.25, 0.3) is 6.08 Å². The SMILES string of the molecule is CCCC/C=C/c1ccc(N2CCN(CCN3CCCC3)CC2)nc1. The second-order valence-electron chi connectivity index (χ2n) is 7.37. The van der Waals surface area contributed by atoms with E-state index in [0.29, 0.717) is 0 Å². The normalized spacial score (nSPS) is 20.0. The first-order valence-corrected chi connectivity index (χ1v) is 10.2. The van der Waals surface area contributed by atoms with Crippen molar-refractivity contribution in [3.05, 3.63) is 30.0 Å². The number of allylic oxidation sites excluding steroid dienone is 1. The molecule has 0 aromatic carbocycles. The molecule has 1 aromatic heterocycles. The number of hydrogen-bond acceptors (Lipinski definition) is 4. The average molecular weight is 343 g/mol. The molecule has 0 radical (unpaired) electrons. The van der Waals surface area contributed by atoms with Crippen molar-refractivity contribution >= 4 is 11.9 Å². The molecule has 2 aliphatic rings. The van der Waals surface area contributed by atoms with Crippen molar-refractivity contribution in [3.63, 3.8) is 0 Å². The lowest BCUT2D eigenvalue weighted by Crippen LogP contribution is -2.48. The third kappa shape index (κ3) is 5.82. The van der Waals surface area contributed by atoms with Gasteiger partial charge in [-0.3, -0.25) is 4.90 Å². The van der Waals surface area contributed by atoms with E-state index in [1.54, 1.807) is 0 Å². The molecule has 0 unspecified atom stereocenters. The van der Waals surface area contributed by atoms with E-state index in [-0.39, 0.29) is 0 Å². The minimum absolute atomic E-state index is 1.10. The molecule has 25 heavy (non-hydrogen) atoms.